The van der Waals surface area contributed by atoms with E-state index in [1.807, 2.05) is 0 Å². The van der Waals surface area contributed by atoms with E-state index in [0.717, 1.165) is 0 Å². The van der Waals surface area contributed by atoms with Crippen LogP contribution in [0.15, 0.2) is 18.2 Å². The number of nitrogens with zero attached hydrogens (tertiary/aromatic N) is 1. The molecular weight excluding hydrogens is 242 g/mol. The molecule has 0 saturated heterocycles. The van der Waals surface area contributed by atoms with Gasteiger partial charge in [-0.25, -0.2) is 0 Å². The predicted molar refractivity (Wildman–Crippen MR) is 61.8 cm³/mol. The quantitative estimate of drug-likeness (QED) is 0.435. The van der Waals surface area contributed by atoms with Crippen LogP contribution in [0.2, 0.25) is 0 Å². The van der Waals surface area contributed by atoms with Crippen molar-refractivity contribution in [3.63, 3.8) is 0 Å². The number of esters is 1. The van der Waals surface area contributed by atoms with Crippen molar-refractivity contribution in [2.45, 2.75) is 6.42 Å². The molecule has 0 fully saturated rings. The zero-order chi connectivity index (χ0) is 13.5. The molecule has 0 radical (unpaired) electrons. The minimum Gasteiger partial charge on any atom is -0.496 e. The number of carbonyl (C=O) groups excluding carboxylic acids is 1. The van der Waals surface area contributed by atoms with E-state index < -0.39 is 10.9 Å². The Morgan fingerprint density at radius 3 is 2.67 bits per heavy atom. The summed E-state index contributed by atoms with van der Waals surface area (Å²) in [6.45, 7) is 0.0137. The average Bonchev–Trinajstić information content (AvgIpc) is 2.38. The van der Waals surface area contributed by atoms with Gasteiger partial charge in [-0.3, -0.25) is 14.9 Å². The van der Waals surface area contributed by atoms with Crippen molar-refractivity contribution < 1.29 is 23.9 Å². The van der Waals surface area contributed by atoms with Crippen LogP contribution >= 0.6 is 0 Å². The van der Waals surface area contributed by atoms with Crippen LogP contribution in [0, 0.1) is 10.1 Å². The van der Waals surface area contributed by atoms with E-state index in [0.29, 0.717) is 5.75 Å². The third-order valence-electron chi connectivity index (χ3n) is 2.15. The summed E-state index contributed by atoms with van der Waals surface area (Å²) in [5.41, 5.74) is -0.209. The van der Waals surface area contributed by atoms with Crippen molar-refractivity contribution in [3.8, 4) is 11.5 Å². The zero-order valence-corrected chi connectivity index (χ0v) is 10.0. The molecule has 98 valence electrons. The number of ether oxygens (including phenoxy) is 3. The molecule has 0 aromatic heterocycles. The molecule has 0 heterocycles. The van der Waals surface area contributed by atoms with E-state index in [2.05, 4.69) is 4.74 Å². The lowest BCUT2D eigenvalue weighted by Crippen LogP contribution is -2.08. The van der Waals surface area contributed by atoms with Crippen LogP contribution in [0.4, 0.5) is 5.69 Å². The van der Waals surface area contributed by atoms with E-state index in [1.165, 1.54) is 26.4 Å². The SMILES string of the molecule is COC(=O)CCOc1ccc(OC)cc1[N+](=O)[O-]. The fourth-order valence-corrected chi connectivity index (χ4v) is 1.24. The Hall–Kier alpha value is -2.31. The summed E-state index contributed by atoms with van der Waals surface area (Å²) in [5, 5.41) is 10.8. The molecule has 7 heteroatoms. The molecule has 0 atom stereocenters. The van der Waals surface area contributed by atoms with Gasteiger partial charge in [-0.05, 0) is 12.1 Å². The zero-order valence-electron chi connectivity index (χ0n) is 10.0. The maximum absolute atomic E-state index is 10.9. The Morgan fingerprint density at radius 1 is 1.39 bits per heavy atom. The highest BCUT2D eigenvalue weighted by atomic mass is 16.6. The van der Waals surface area contributed by atoms with Gasteiger partial charge in [-0.1, -0.05) is 0 Å². The summed E-state index contributed by atoms with van der Waals surface area (Å²) in [7, 11) is 2.68. The van der Waals surface area contributed by atoms with Gasteiger partial charge in [0.1, 0.15) is 5.75 Å². The molecule has 0 aliphatic carbocycles. The van der Waals surface area contributed by atoms with Crippen LogP contribution in [0.1, 0.15) is 6.42 Å². The molecule has 18 heavy (non-hydrogen) atoms. The third-order valence-corrected chi connectivity index (χ3v) is 2.15. The number of nitro benzene ring substituents is 1. The Morgan fingerprint density at radius 2 is 2.11 bits per heavy atom. The number of rotatable bonds is 6. The van der Waals surface area contributed by atoms with Gasteiger partial charge >= 0.3 is 11.7 Å². The molecule has 0 amide bonds. The second-order valence-corrected chi connectivity index (χ2v) is 3.27. The first kappa shape index (κ1) is 13.8. The van der Waals surface area contributed by atoms with Gasteiger partial charge in [0.2, 0.25) is 0 Å². The number of carbonyl (C=O) groups is 1. The van der Waals surface area contributed by atoms with Crippen molar-refractivity contribution in [1.82, 2.24) is 0 Å². The largest absolute Gasteiger partial charge is 0.496 e. The number of nitro groups is 1. The third kappa shape index (κ3) is 3.62. The van der Waals surface area contributed by atoms with E-state index in [-0.39, 0.29) is 24.5 Å². The Bertz CT molecular complexity index is 445. The van der Waals surface area contributed by atoms with Gasteiger partial charge in [0.05, 0.1) is 38.2 Å². The predicted octanol–water partition coefficient (Wildman–Crippen LogP) is 1.55. The van der Waals surface area contributed by atoms with Crippen LogP contribution in [0.25, 0.3) is 0 Å². The van der Waals surface area contributed by atoms with E-state index >= 15 is 0 Å². The van der Waals surface area contributed by atoms with Crippen LogP contribution < -0.4 is 9.47 Å². The smallest absolute Gasteiger partial charge is 0.314 e. The average molecular weight is 255 g/mol. The lowest BCUT2D eigenvalue weighted by molar-refractivity contribution is -0.385. The van der Waals surface area contributed by atoms with Gasteiger partial charge in [0, 0.05) is 0 Å². The van der Waals surface area contributed by atoms with Gasteiger partial charge in [0.25, 0.3) is 0 Å². The fraction of sp³-hybridized carbons (Fsp3) is 0.364. The summed E-state index contributed by atoms with van der Waals surface area (Å²) < 4.78 is 14.5. The minimum atomic E-state index is -0.573. The van der Waals surface area contributed by atoms with Gasteiger partial charge in [-0.15, -0.1) is 0 Å². The summed E-state index contributed by atoms with van der Waals surface area (Å²) in [4.78, 5) is 21.1. The van der Waals surface area contributed by atoms with Crippen molar-refractivity contribution in [2.75, 3.05) is 20.8 Å². The summed E-state index contributed by atoms with van der Waals surface area (Å²) in [6.07, 6.45) is 0.0275. The maximum Gasteiger partial charge on any atom is 0.314 e. The highest BCUT2D eigenvalue weighted by molar-refractivity contribution is 5.69. The molecule has 1 aromatic rings. The molecule has 0 unspecified atom stereocenters. The molecular formula is C11H13NO6. The Labute approximate surface area is 103 Å². The number of hydrogen-bond donors (Lipinski definition) is 0. The standard InChI is InChI=1S/C11H13NO6/c1-16-8-3-4-10(9(7-8)12(14)15)18-6-5-11(13)17-2/h3-4,7H,5-6H2,1-2H3. The van der Waals surface area contributed by atoms with Crippen molar-refractivity contribution >= 4 is 11.7 Å². The van der Waals surface area contributed by atoms with Gasteiger partial charge in [-0.2, -0.15) is 0 Å². The summed E-state index contributed by atoms with van der Waals surface area (Å²) in [6, 6.07) is 4.22. The summed E-state index contributed by atoms with van der Waals surface area (Å²) in [5.74, 6) is 0.0119. The number of hydrogen-bond acceptors (Lipinski definition) is 6. The van der Waals surface area contributed by atoms with Crippen molar-refractivity contribution in [2.24, 2.45) is 0 Å². The van der Waals surface area contributed by atoms with E-state index in [9.17, 15) is 14.9 Å². The minimum absolute atomic E-state index is 0.0137. The molecule has 0 aliphatic rings. The van der Waals surface area contributed by atoms with Gasteiger partial charge in [0.15, 0.2) is 5.75 Å². The Kier molecular flexibility index (Phi) is 4.91. The Balaban J connectivity index is 2.75. The lowest BCUT2D eigenvalue weighted by atomic mass is 10.3. The van der Waals surface area contributed by atoms with Crippen LogP contribution in [0.3, 0.4) is 0 Å². The highest BCUT2D eigenvalue weighted by Gasteiger charge is 2.16. The first-order valence-electron chi connectivity index (χ1n) is 5.10. The van der Waals surface area contributed by atoms with Crippen molar-refractivity contribution in [3.05, 3.63) is 28.3 Å². The van der Waals surface area contributed by atoms with E-state index in [1.54, 1.807) is 6.07 Å². The van der Waals surface area contributed by atoms with Crippen LogP contribution in [-0.4, -0.2) is 31.7 Å². The first-order chi connectivity index (χ1) is 8.58. The molecule has 7 nitrogen and oxygen atoms in total. The number of benzene rings is 1. The normalized spacial score (nSPS) is 9.67. The van der Waals surface area contributed by atoms with Crippen LogP contribution in [-0.2, 0) is 9.53 Å². The molecule has 0 N–H and O–H groups in total. The fourth-order valence-electron chi connectivity index (χ4n) is 1.24. The first-order valence-corrected chi connectivity index (χ1v) is 5.10. The second-order valence-electron chi connectivity index (χ2n) is 3.27. The van der Waals surface area contributed by atoms with Crippen LogP contribution in [0.5, 0.6) is 11.5 Å². The summed E-state index contributed by atoms with van der Waals surface area (Å²) >= 11 is 0. The van der Waals surface area contributed by atoms with Gasteiger partial charge < -0.3 is 14.2 Å². The highest BCUT2D eigenvalue weighted by Crippen LogP contribution is 2.30. The lowest BCUT2D eigenvalue weighted by Gasteiger charge is -2.07. The number of methoxy groups -OCH3 is 2. The topological polar surface area (TPSA) is 87.9 Å². The molecule has 0 bridgehead atoms. The molecule has 1 rings (SSSR count). The molecule has 0 saturated carbocycles. The molecule has 0 aliphatic heterocycles. The molecule has 1 aromatic carbocycles. The van der Waals surface area contributed by atoms with Crippen molar-refractivity contribution in [1.29, 1.82) is 0 Å². The molecule has 0 spiro atoms. The second kappa shape index (κ2) is 6.43. The maximum atomic E-state index is 10.9. The monoisotopic (exact) mass is 255 g/mol. The van der Waals surface area contributed by atoms with E-state index in [4.69, 9.17) is 9.47 Å².